The Morgan fingerprint density at radius 2 is 1.97 bits per heavy atom. The molecule has 4 atom stereocenters. The molecular formula is C25H37N3O7. The van der Waals surface area contributed by atoms with Gasteiger partial charge in [-0.05, 0) is 38.5 Å². The summed E-state index contributed by atoms with van der Waals surface area (Å²) in [5.74, 6) is -1.88. The highest BCUT2D eigenvalue weighted by Crippen LogP contribution is 2.46. The number of nitrogens with one attached hydrogen (secondary N) is 2. The minimum Gasteiger partial charge on any atom is -0.464 e. The van der Waals surface area contributed by atoms with E-state index < -0.39 is 41.5 Å². The number of amides is 3. The first-order valence-electron chi connectivity index (χ1n) is 12.6. The third-order valence-electron chi connectivity index (χ3n) is 6.60. The minimum atomic E-state index is -1.18. The van der Waals surface area contributed by atoms with Crippen LogP contribution in [0.3, 0.4) is 0 Å². The molecule has 1 aliphatic carbocycles. The van der Waals surface area contributed by atoms with Crippen LogP contribution in [-0.4, -0.2) is 71.9 Å². The van der Waals surface area contributed by atoms with Crippen molar-refractivity contribution in [2.24, 2.45) is 11.8 Å². The molecule has 3 aliphatic rings. The van der Waals surface area contributed by atoms with Gasteiger partial charge in [0.15, 0.2) is 5.78 Å². The van der Waals surface area contributed by atoms with Crippen LogP contribution in [0.4, 0.5) is 4.79 Å². The first-order valence-corrected chi connectivity index (χ1v) is 12.6. The van der Waals surface area contributed by atoms with Crippen molar-refractivity contribution in [2.45, 2.75) is 83.3 Å². The number of carbonyl (C=O) groups excluding carboxylic acids is 5. The first kappa shape index (κ1) is 26.7. The standard InChI is InChI=1S/C25H37N3O7/c1-4-34-23(32)25-13-17(25)10-8-6-5-7-9-11-19(26-24(33)35-15-16(2)3)22(31)28-14-18(29)12-20(28)21(30)27-25/h8,10,16-17,19-20H,4-7,9,11-15H2,1-3H3,(H,26,33)(H,27,30)/b10-8-/t17-,19-,20-,25+/m0/s1. The van der Waals surface area contributed by atoms with Crippen LogP contribution >= 0.6 is 0 Å². The van der Waals surface area contributed by atoms with Crippen molar-refractivity contribution in [2.75, 3.05) is 19.8 Å². The van der Waals surface area contributed by atoms with E-state index in [9.17, 15) is 24.0 Å². The highest BCUT2D eigenvalue weighted by atomic mass is 16.5. The summed E-state index contributed by atoms with van der Waals surface area (Å²) in [6, 6.07) is -1.96. The van der Waals surface area contributed by atoms with Gasteiger partial charge in [0.1, 0.15) is 17.6 Å². The molecule has 10 heteroatoms. The largest absolute Gasteiger partial charge is 0.464 e. The van der Waals surface area contributed by atoms with Crippen LogP contribution in [0.1, 0.15) is 65.7 Å². The van der Waals surface area contributed by atoms with E-state index in [0.717, 1.165) is 19.3 Å². The second-order valence-corrected chi connectivity index (χ2v) is 9.97. The van der Waals surface area contributed by atoms with Gasteiger partial charge < -0.3 is 25.0 Å². The van der Waals surface area contributed by atoms with Crippen molar-refractivity contribution in [1.82, 2.24) is 15.5 Å². The van der Waals surface area contributed by atoms with Crippen molar-refractivity contribution < 1.29 is 33.4 Å². The summed E-state index contributed by atoms with van der Waals surface area (Å²) in [6.45, 7) is 5.69. The molecule has 10 nitrogen and oxygen atoms in total. The number of allylic oxidation sites excluding steroid dienone is 1. The summed E-state index contributed by atoms with van der Waals surface area (Å²) in [5, 5.41) is 5.43. The molecule has 3 amide bonds. The summed E-state index contributed by atoms with van der Waals surface area (Å²) in [7, 11) is 0. The lowest BCUT2D eigenvalue weighted by atomic mass is 10.1. The summed E-state index contributed by atoms with van der Waals surface area (Å²) in [4.78, 5) is 65.3. The number of fused-ring (bicyclic) bond motifs is 2. The Balaban J connectivity index is 1.82. The Bertz CT molecular complexity index is 871. The van der Waals surface area contributed by atoms with Crippen molar-refractivity contribution in [3.63, 3.8) is 0 Å². The number of hydrogen-bond acceptors (Lipinski definition) is 7. The van der Waals surface area contributed by atoms with Crippen molar-refractivity contribution in [3.05, 3.63) is 12.2 Å². The van der Waals surface area contributed by atoms with E-state index in [4.69, 9.17) is 9.47 Å². The van der Waals surface area contributed by atoms with Gasteiger partial charge in [0.05, 0.1) is 19.8 Å². The minimum absolute atomic E-state index is 0.137. The zero-order valence-corrected chi connectivity index (χ0v) is 20.8. The number of alkyl carbamates (subject to hydrolysis) is 1. The van der Waals surface area contributed by atoms with Gasteiger partial charge in [0, 0.05) is 12.3 Å². The topological polar surface area (TPSA) is 131 Å². The monoisotopic (exact) mass is 491 g/mol. The molecule has 2 fully saturated rings. The molecular weight excluding hydrogens is 454 g/mol. The SMILES string of the molecule is CCOC(=O)[C@@]12C[C@@H]1/C=C\CCCCC[C@H](NC(=O)OCC(C)C)C(=O)N1CC(=O)C[C@H]1C(=O)N2. The average Bonchev–Trinajstić information content (AvgIpc) is 3.35. The molecule has 2 N–H and O–H groups in total. The highest BCUT2D eigenvalue weighted by molar-refractivity contribution is 6.02. The molecule has 0 aromatic rings. The van der Waals surface area contributed by atoms with Crippen LogP contribution in [0.15, 0.2) is 12.2 Å². The summed E-state index contributed by atoms with van der Waals surface area (Å²) in [6.07, 6.45) is 7.09. The number of rotatable bonds is 5. The Labute approximate surface area is 206 Å². The average molecular weight is 492 g/mol. The molecule has 0 aromatic carbocycles. The maximum absolute atomic E-state index is 13.5. The molecule has 0 spiro atoms. The second kappa shape index (κ2) is 11.7. The lowest BCUT2D eigenvalue weighted by Crippen LogP contribution is -2.56. The highest BCUT2D eigenvalue weighted by Gasteiger charge is 2.62. The molecule has 0 radical (unpaired) electrons. The fraction of sp³-hybridized carbons (Fsp3) is 0.720. The van der Waals surface area contributed by atoms with Crippen LogP contribution in [0.5, 0.6) is 0 Å². The predicted octanol–water partition coefficient (Wildman–Crippen LogP) is 1.87. The number of nitrogens with zero attached hydrogens (tertiary/aromatic N) is 1. The third kappa shape index (κ3) is 6.61. The van der Waals surface area contributed by atoms with E-state index in [1.54, 1.807) is 6.92 Å². The Kier molecular flexibility index (Phi) is 8.91. The molecule has 0 aromatic heterocycles. The molecule has 0 unspecified atom stereocenters. The fourth-order valence-electron chi connectivity index (χ4n) is 4.60. The summed E-state index contributed by atoms with van der Waals surface area (Å²) in [5.41, 5.74) is -1.18. The van der Waals surface area contributed by atoms with E-state index in [2.05, 4.69) is 10.6 Å². The Morgan fingerprint density at radius 1 is 1.20 bits per heavy atom. The lowest BCUT2D eigenvalue weighted by molar-refractivity contribution is -0.150. The van der Waals surface area contributed by atoms with Gasteiger partial charge >= 0.3 is 12.1 Å². The Hall–Kier alpha value is -2.91. The van der Waals surface area contributed by atoms with Crippen LogP contribution < -0.4 is 10.6 Å². The van der Waals surface area contributed by atoms with Crippen molar-refractivity contribution in [1.29, 1.82) is 0 Å². The number of carbonyl (C=O) groups is 5. The zero-order chi connectivity index (χ0) is 25.6. The van der Waals surface area contributed by atoms with E-state index in [0.29, 0.717) is 19.3 Å². The van der Waals surface area contributed by atoms with E-state index in [-0.39, 0.29) is 43.8 Å². The van der Waals surface area contributed by atoms with Gasteiger partial charge in [0.2, 0.25) is 11.8 Å². The second-order valence-electron chi connectivity index (χ2n) is 9.97. The zero-order valence-electron chi connectivity index (χ0n) is 20.8. The van der Waals surface area contributed by atoms with Gasteiger partial charge in [-0.3, -0.25) is 14.4 Å². The van der Waals surface area contributed by atoms with Gasteiger partial charge in [-0.25, -0.2) is 9.59 Å². The van der Waals surface area contributed by atoms with Crippen LogP contribution in [0.2, 0.25) is 0 Å². The number of esters is 1. The predicted molar refractivity (Wildman–Crippen MR) is 126 cm³/mol. The molecule has 35 heavy (non-hydrogen) atoms. The van der Waals surface area contributed by atoms with Crippen molar-refractivity contribution in [3.8, 4) is 0 Å². The van der Waals surface area contributed by atoms with Crippen LogP contribution in [-0.2, 0) is 28.7 Å². The van der Waals surface area contributed by atoms with Crippen molar-refractivity contribution >= 4 is 29.7 Å². The molecule has 1 saturated heterocycles. The lowest BCUT2D eigenvalue weighted by Gasteiger charge is -2.29. The Morgan fingerprint density at radius 3 is 2.69 bits per heavy atom. The summed E-state index contributed by atoms with van der Waals surface area (Å²) < 4.78 is 10.4. The number of ketones is 1. The number of hydrogen-bond donors (Lipinski definition) is 2. The maximum Gasteiger partial charge on any atom is 0.407 e. The third-order valence-corrected chi connectivity index (χ3v) is 6.60. The molecule has 0 bridgehead atoms. The smallest absolute Gasteiger partial charge is 0.407 e. The van der Waals surface area contributed by atoms with Crippen LogP contribution in [0.25, 0.3) is 0 Å². The normalized spacial score (nSPS) is 30.3. The first-order chi connectivity index (χ1) is 16.7. The number of ether oxygens (including phenoxy) is 2. The molecule has 2 aliphatic heterocycles. The van der Waals surface area contributed by atoms with E-state index in [1.165, 1.54) is 4.90 Å². The molecule has 194 valence electrons. The van der Waals surface area contributed by atoms with Gasteiger partial charge in [-0.1, -0.05) is 38.8 Å². The molecule has 1 saturated carbocycles. The maximum atomic E-state index is 13.5. The van der Waals surface area contributed by atoms with E-state index in [1.807, 2.05) is 26.0 Å². The molecule has 3 rings (SSSR count). The quantitative estimate of drug-likeness (QED) is 0.443. The van der Waals surface area contributed by atoms with Gasteiger partial charge in [-0.15, -0.1) is 0 Å². The molecule has 2 heterocycles. The van der Waals surface area contributed by atoms with Crippen LogP contribution in [0, 0.1) is 11.8 Å². The summed E-state index contributed by atoms with van der Waals surface area (Å²) >= 11 is 0. The fourth-order valence-corrected chi connectivity index (χ4v) is 4.60. The van der Waals surface area contributed by atoms with Gasteiger partial charge in [-0.2, -0.15) is 0 Å². The van der Waals surface area contributed by atoms with E-state index >= 15 is 0 Å². The number of Topliss-reactive ketones (excluding diaryl/α,β-unsaturated/α-hetero) is 1. The van der Waals surface area contributed by atoms with Gasteiger partial charge in [0.25, 0.3) is 0 Å².